The highest BCUT2D eigenvalue weighted by atomic mass is 16.1. The van der Waals surface area contributed by atoms with Gasteiger partial charge in [0.05, 0.1) is 11.4 Å². The molecule has 2 aliphatic rings. The van der Waals surface area contributed by atoms with E-state index in [1.54, 1.807) is 0 Å². The van der Waals surface area contributed by atoms with Crippen LogP contribution < -0.4 is 16.0 Å². The molecule has 4 nitrogen and oxygen atoms in total. The summed E-state index contributed by atoms with van der Waals surface area (Å²) < 4.78 is 0. The Morgan fingerprint density at radius 3 is 2.45 bits per heavy atom. The van der Waals surface area contributed by atoms with Crippen molar-refractivity contribution in [1.29, 1.82) is 0 Å². The Kier molecular flexibility index (Phi) is 3.81. The third-order valence-electron chi connectivity index (χ3n) is 4.34. The highest BCUT2D eigenvalue weighted by molar-refractivity contribution is 5.95. The third kappa shape index (κ3) is 2.74. The van der Waals surface area contributed by atoms with Gasteiger partial charge >= 0.3 is 0 Å². The Balaban J connectivity index is 1.88. The van der Waals surface area contributed by atoms with E-state index in [1.165, 1.54) is 32.1 Å². The van der Waals surface area contributed by atoms with Crippen LogP contribution in [-0.4, -0.2) is 19.0 Å². The van der Waals surface area contributed by atoms with E-state index in [0.717, 1.165) is 42.1 Å². The number of amides is 1. The highest BCUT2D eigenvalue weighted by Crippen LogP contribution is 2.34. The first kappa shape index (κ1) is 13.3. The summed E-state index contributed by atoms with van der Waals surface area (Å²) in [7, 11) is 0. The number of carbonyl (C=O) groups is 1. The van der Waals surface area contributed by atoms with Crippen molar-refractivity contribution in [3.05, 3.63) is 17.7 Å². The fourth-order valence-corrected chi connectivity index (χ4v) is 3.20. The lowest BCUT2D eigenvalue weighted by Gasteiger charge is -2.30. The van der Waals surface area contributed by atoms with Crippen LogP contribution in [0.4, 0.5) is 17.1 Å². The zero-order chi connectivity index (χ0) is 13.9. The first-order chi connectivity index (χ1) is 9.74. The molecule has 0 aliphatic carbocycles. The molecule has 4 heteroatoms. The number of rotatable bonds is 1. The van der Waals surface area contributed by atoms with Gasteiger partial charge in [-0.2, -0.15) is 0 Å². The Morgan fingerprint density at radius 1 is 1.00 bits per heavy atom. The van der Waals surface area contributed by atoms with Crippen LogP contribution in [0.2, 0.25) is 0 Å². The molecule has 2 aliphatic heterocycles. The smallest absolute Gasteiger partial charge is 0.224 e. The van der Waals surface area contributed by atoms with E-state index < -0.39 is 0 Å². The number of anilines is 3. The van der Waals surface area contributed by atoms with E-state index in [9.17, 15) is 4.79 Å². The SMILES string of the molecule is Nc1cc2c(cc1N1CCCCCCC1)NC(=O)CC2. The molecule has 2 heterocycles. The van der Waals surface area contributed by atoms with Crippen LogP contribution in [0.15, 0.2) is 12.1 Å². The van der Waals surface area contributed by atoms with Gasteiger partial charge in [0.1, 0.15) is 0 Å². The second-order valence-electron chi connectivity index (χ2n) is 5.87. The predicted octanol–water partition coefficient (Wildman–Crippen LogP) is 2.92. The molecular formula is C16H23N3O. The Labute approximate surface area is 120 Å². The maximum Gasteiger partial charge on any atom is 0.224 e. The third-order valence-corrected chi connectivity index (χ3v) is 4.34. The van der Waals surface area contributed by atoms with Crippen LogP contribution in [0.5, 0.6) is 0 Å². The number of nitrogen functional groups attached to an aromatic ring is 1. The van der Waals surface area contributed by atoms with Gasteiger partial charge in [-0.25, -0.2) is 0 Å². The van der Waals surface area contributed by atoms with Gasteiger partial charge in [0.25, 0.3) is 0 Å². The van der Waals surface area contributed by atoms with Crippen molar-refractivity contribution in [2.75, 3.05) is 29.0 Å². The van der Waals surface area contributed by atoms with Gasteiger partial charge in [-0.15, -0.1) is 0 Å². The summed E-state index contributed by atoms with van der Waals surface area (Å²) in [5, 5.41) is 2.97. The first-order valence-electron chi connectivity index (χ1n) is 7.71. The zero-order valence-electron chi connectivity index (χ0n) is 12.0. The van der Waals surface area contributed by atoms with Crippen molar-refractivity contribution < 1.29 is 4.79 Å². The minimum atomic E-state index is 0.112. The van der Waals surface area contributed by atoms with Gasteiger partial charge in [0, 0.05) is 25.2 Å². The molecule has 1 amide bonds. The van der Waals surface area contributed by atoms with E-state index in [-0.39, 0.29) is 5.91 Å². The molecule has 0 atom stereocenters. The summed E-state index contributed by atoms with van der Waals surface area (Å²) in [5.74, 6) is 0.112. The molecule has 1 aromatic rings. The molecule has 0 radical (unpaired) electrons. The number of fused-ring (bicyclic) bond motifs is 1. The average molecular weight is 273 g/mol. The van der Waals surface area contributed by atoms with Crippen molar-refractivity contribution in [1.82, 2.24) is 0 Å². The number of nitrogens with zero attached hydrogens (tertiary/aromatic N) is 1. The maximum atomic E-state index is 11.5. The lowest BCUT2D eigenvalue weighted by Crippen LogP contribution is -2.28. The number of hydrogen-bond donors (Lipinski definition) is 2. The van der Waals surface area contributed by atoms with E-state index >= 15 is 0 Å². The lowest BCUT2D eigenvalue weighted by atomic mass is 10.0. The van der Waals surface area contributed by atoms with Crippen molar-refractivity contribution in [2.24, 2.45) is 0 Å². The fourth-order valence-electron chi connectivity index (χ4n) is 3.20. The predicted molar refractivity (Wildman–Crippen MR) is 83.1 cm³/mol. The molecule has 1 aromatic carbocycles. The molecule has 0 aromatic heterocycles. The Hall–Kier alpha value is -1.71. The van der Waals surface area contributed by atoms with Gasteiger partial charge in [-0.1, -0.05) is 19.3 Å². The van der Waals surface area contributed by atoms with Crippen LogP contribution in [0.1, 0.15) is 44.1 Å². The number of carbonyl (C=O) groups excluding carboxylic acids is 1. The molecule has 0 saturated carbocycles. The topological polar surface area (TPSA) is 58.4 Å². The summed E-state index contributed by atoms with van der Waals surface area (Å²) in [6.07, 6.45) is 7.77. The quantitative estimate of drug-likeness (QED) is 0.773. The van der Waals surface area contributed by atoms with Gasteiger partial charge in [0.15, 0.2) is 0 Å². The molecule has 20 heavy (non-hydrogen) atoms. The van der Waals surface area contributed by atoms with Gasteiger partial charge in [0.2, 0.25) is 5.91 Å². The highest BCUT2D eigenvalue weighted by Gasteiger charge is 2.19. The fraction of sp³-hybridized carbons (Fsp3) is 0.562. The molecule has 1 fully saturated rings. The van der Waals surface area contributed by atoms with Crippen molar-refractivity contribution >= 4 is 23.0 Å². The van der Waals surface area contributed by atoms with Gasteiger partial charge < -0.3 is 16.0 Å². The molecule has 0 spiro atoms. The van der Waals surface area contributed by atoms with Gasteiger partial charge in [-0.3, -0.25) is 4.79 Å². The van der Waals surface area contributed by atoms with Crippen LogP contribution in [0.25, 0.3) is 0 Å². The minimum Gasteiger partial charge on any atom is -0.397 e. The summed E-state index contributed by atoms with van der Waals surface area (Å²) in [5.41, 5.74) is 10.3. The summed E-state index contributed by atoms with van der Waals surface area (Å²) >= 11 is 0. The number of hydrogen-bond acceptors (Lipinski definition) is 3. The van der Waals surface area contributed by atoms with Crippen molar-refractivity contribution in [3.63, 3.8) is 0 Å². The van der Waals surface area contributed by atoms with Crippen LogP contribution >= 0.6 is 0 Å². The Morgan fingerprint density at radius 2 is 1.70 bits per heavy atom. The summed E-state index contributed by atoms with van der Waals surface area (Å²) in [6.45, 7) is 2.13. The van der Waals surface area contributed by atoms with Gasteiger partial charge in [-0.05, 0) is 37.0 Å². The molecule has 3 rings (SSSR count). The van der Waals surface area contributed by atoms with Crippen LogP contribution in [0.3, 0.4) is 0 Å². The standard InChI is InChI=1S/C16H23N3O/c17-13-10-12-6-7-16(20)18-14(12)11-15(13)19-8-4-2-1-3-5-9-19/h10-11H,1-9,17H2,(H,18,20). The summed E-state index contributed by atoms with van der Waals surface area (Å²) in [4.78, 5) is 13.9. The lowest BCUT2D eigenvalue weighted by molar-refractivity contribution is -0.116. The first-order valence-corrected chi connectivity index (χ1v) is 7.71. The minimum absolute atomic E-state index is 0.112. The van der Waals surface area contributed by atoms with Crippen molar-refractivity contribution in [3.8, 4) is 0 Å². The average Bonchev–Trinajstić information content (AvgIpc) is 2.39. The number of nitrogens with two attached hydrogens (primary N) is 1. The molecule has 0 bridgehead atoms. The molecule has 3 N–H and O–H groups in total. The van der Waals surface area contributed by atoms with E-state index in [1.807, 2.05) is 6.07 Å². The monoisotopic (exact) mass is 273 g/mol. The van der Waals surface area contributed by atoms with Crippen LogP contribution in [0, 0.1) is 0 Å². The maximum absolute atomic E-state index is 11.5. The summed E-state index contributed by atoms with van der Waals surface area (Å²) in [6, 6.07) is 4.12. The number of aryl methyl sites for hydroxylation is 1. The van der Waals surface area contributed by atoms with E-state index in [4.69, 9.17) is 5.73 Å². The van der Waals surface area contributed by atoms with E-state index in [2.05, 4.69) is 16.3 Å². The zero-order valence-corrected chi connectivity index (χ0v) is 12.0. The molecule has 0 unspecified atom stereocenters. The van der Waals surface area contributed by atoms with Crippen LogP contribution in [-0.2, 0) is 11.2 Å². The molecular weight excluding hydrogens is 250 g/mol. The number of nitrogens with one attached hydrogen (secondary N) is 1. The number of benzene rings is 1. The second kappa shape index (κ2) is 5.73. The normalized spacial score (nSPS) is 19.8. The van der Waals surface area contributed by atoms with E-state index in [0.29, 0.717) is 6.42 Å². The Bertz CT molecular complexity index is 505. The van der Waals surface area contributed by atoms with Crippen molar-refractivity contribution in [2.45, 2.75) is 44.9 Å². The molecule has 108 valence electrons. The molecule has 1 saturated heterocycles. The largest absolute Gasteiger partial charge is 0.397 e. The second-order valence-corrected chi connectivity index (χ2v) is 5.87.